The number of anilines is 1. The molecule has 0 spiro atoms. The third-order valence-electron chi connectivity index (χ3n) is 4.55. The number of likely N-dealkylation sites (tertiary alicyclic amines) is 1. The Balaban J connectivity index is 1.57. The Morgan fingerprint density at radius 3 is 2.87 bits per heavy atom. The van der Waals surface area contributed by atoms with E-state index in [1.807, 2.05) is 11.0 Å². The summed E-state index contributed by atoms with van der Waals surface area (Å²) in [7, 11) is 0. The van der Waals surface area contributed by atoms with Gasteiger partial charge in [-0.2, -0.15) is 5.26 Å². The summed E-state index contributed by atoms with van der Waals surface area (Å²) in [4.78, 5) is 8.41. The number of nitrogens with one attached hydrogen (secondary N) is 1. The first-order valence-electron chi connectivity index (χ1n) is 7.93. The third-order valence-corrected chi connectivity index (χ3v) is 4.75. The van der Waals surface area contributed by atoms with Crippen LogP contribution in [0.2, 0.25) is 0 Å². The fraction of sp³-hybridized carbons (Fsp3) is 0.375. The van der Waals surface area contributed by atoms with E-state index in [2.05, 4.69) is 21.3 Å². The molecule has 1 N–H and O–H groups in total. The molecular weight excluding hydrogens is 317 g/mol. The van der Waals surface area contributed by atoms with E-state index in [-0.39, 0.29) is 17.9 Å². The average molecular weight is 333 g/mol. The van der Waals surface area contributed by atoms with Crippen molar-refractivity contribution in [2.75, 3.05) is 18.0 Å². The number of hydrogen-bond acceptors (Lipinski definition) is 5. The van der Waals surface area contributed by atoms with Crippen molar-refractivity contribution in [1.29, 1.82) is 5.26 Å². The molecule has 3 aliphatic heterocycles. The van der Waals surface area contributed by atoms with Crippen LogP contribution in [0.5, 0.6) is 0 Å². The fourth-order valence-electron chi connectivity index (χ4n) is 3.58. The molecule has 2 fully saturated rings. The van der Waals surface area contributed by atoms with Gasteiger partial charge >= 0.3 is 0 Å². The van der Waals surface area contributed by atoms with Gasteiger partial charge in [-0.1, -0.05) is 17.7 Å². The van der Waals surface area contributed by atoms with Crippen molar-refractivity contribution in [3.05, 3.63) is 41.9 Å². The SMILES string of the molecule is [2H]C1(Cl)N=C(N2C[C@@H]3C[C@H]2CN3c2cccc(F)c2)C(C#N)=CN1. The molecule has 0 saturated carbocycles. The van der Waals surface area contributed by atoms with Gasteiger partial charge in [-0.15, -0.1) is 0 Å². The van der Waals surface area contributed by atoms with E-state index in [1.54, 1.807) is 12.1 Å². The number of hydrogen-bond donors (Lipinski definition) is 1. The molecule has 0 radical (unpaired) electrons. The predicted octanol–water partition coefficient (Wildman–Crippen LogP) is 2.02. The second-order valence-corrected chi connectivity index (χ2v) is 6.23. The highest BCUT2D eigenvalue weighted by Gasteiger charge is 2.45. The zero-order valence-electron chi connectivity index (χ0n) is 13.2. The van der Waals surface area contributed by atoms with Gasteiger partial charge in [0.2, 0.25) is 0 Å². The standard InChI is InChI=1S/C16H15ClFN5/c17-16-20-7-10(6-19)15(21-16)23-9-13-5-14(23)8-22(13)12-3-1-2-11(18)4-12/h1-4,7,13-14,16,20H,5,8-9H2/t13-,14-,16?/m0/s1/i16D. The van der Waals surface area contributed by atoms with Gasteiger partial charge in [0.25, 0.3) is 0 Å². The fourth-order valence-corrected chi connectivity index (χ4v) is 3.71. The predicted molar refractivity (Wildman–Crippen MR) is 86.6 cm³/mol. The van der Waals surface area contributed by atoms with E-state index in [4.69, 9.17) is 13.0 Å². The summed E-state index contributed by atoms with van der Waals surface area (Å²) in [5.41, 5.74) is -0.430. The Kier molecular flexibility index (Phi) is 3.12. The highest BCUT2D eigenvalue weighted by molar-refractivity contribution is 6.21. The minimum absolute atomic E-state index is 0.166. The number of alkyl halides is 1. The molecule has 1 unspecified atom stereocenters. The summed E-state index contributed by atoms with van der Waals surface area (Å²) in [6.07, 6.45) is 2.35. The van der Waals surface area contributed by atoms with Crippen LogP contribution in [0.4, 0.5) is 10.1 Å². The molecule has 3 aliphatic rings. The van der Waals surface area contributed by atoms with Crippen LogP contribution in [0.15, 0.2) is 41.0 Å². The van der Waals surface area contributed by atoms with Crippen LogP contribution >= 0.6 is 11.6 Å². The maximum Gasteiger partial charge on any atom is 0.197 e. The monoisotopic (exact) mass is 332 g/mol. The Morgan fingerprint density at radius 2 is 2.17 bits per heavy atom. The van der Waals surface area contributed by atoms with E-state index in [0.717, 1.165) is 18.7 Å². The highest BCUT2D eigenvalue weighted by atomic mass is 35.5. The van der Waals surface area contributed by atoms with Gasteiger partial charge in [-0.3, -0.25) is 0 Å². The Labute approximate surface area is 140 Å². The number of aliphatic imine (C=N–C) groups is 1. The summed E-state index contributed by atoms with van der Waals surface area (Å²) in [6.45, 7) is 1.40. The number of nitrogens with zero attached hydrogens (tertiary/aromatic N) is 4. The lowest BCUT2D eigenvalue weighted by atomic mass is 10.2. The zero-order valence-corrected chi connectivity index (χ0v) is 13.0. The third kappa shape index (κ3) is 2.41. The normalized spacial score (nSPS) is 32.8. The average Bonchev–Trinajstić information content (AvgIpc) is 3.14. The molecule has 1 aromatic carbocycles. The zero-order chi connectivity index (χ0) is 16.9. The first-order chi connectivity index (χ1) is 11.5. The van der Waals surface area contributed by atoms with Gasteiger partial charge < -0.3 is 15.1 Å². The van der Waals surface area contributed by atoms with Gasteiger partial charge in [-0.25, -0.2) is 9.38 Å². The van der Waals surface area contributed by atoms with Gasteiger partial charge in [0.05, 0.1) is 7.41 Å². The highest BCUT2D eigenvalue weighted by Crippen LogP contribution is 2.36. The summed E-state index contributed by atoms with van der Waals surface area (Å²) in [5.74, 6) is 0.221. The Bertz CT molecular complexity index is 787. The van der Waals surface area contributed by atoms with Crippen LogP contribution in [-0.4, -0.2) is 41.5 Å². The lowest BCUT2D eigenvalue weighted by Crippen LogP contribution is -2.50. The van der Waals surface area contributed by atoms with Crippen LogP contribution in [0, 0.1) is 17.1 Å². The molecule has 0 aromatic heterocycles. The van der Waals surface area contributed by atoms with Crippen molar-refractivity contribution in [3.8, 4) is 6.07 Å². The van der Waals surface area contributed by atoms with Gasteiger partial charge in [0.1, 0.15) is 23.3 Å². The molecule has 3 heterocycles. The topological polar surface area (TPSA) is 54.7 Å². The van der Waals surface area contributed by atoms with Crippen molar-refractivity contribution in [1.82, 2.24) is 10.2 Å². The number of benzene rings is 1. The number of piperazine rings is 1. The van der Waals surface area contributed by atoms with Crippen molar-refractivity contribution in [2.45, 2.75) is 24.1 Å². The maximum absolute atomic E-state index is 13.5. The van der Waals surface area contributed by atoms with E-state index < -0.39 is 5.60 Å². The number of fused-ring (bicyclic) bond motifs is 2. The molecule has 2 saturated heterocycles. The summed E-state index contributed by atoms with van der Waals surface area (Å²) in [5, 5.41) is 11.9. The number of rotatable bonds is 1. The number of nitriles is 1. The smallest absolute Gasteiger partial charge is 0.197 e. The van der Waals surface area contributed by atoms with Crippen molar-refractivity contribution in [2.24, 2.45) is 4.99 Å². The molecule has 7 heteroatoms. The molecule has 2 bridgehead atoms. The van der Waals surface area contributed by atoms with Crippen molar-refractivity contribution >= 4 is 23.1 Å². The van der Waals surface area contributed by atoms with Crippen LogP contribution in [-0.2, 0) is 0 Å². The van der Waals surface area contributed by atoms with E-state index in [1.165, 1.54) is 12.3 Å². The van der Waals surface area contributed by atoms with Crippen LogP contribution in [0.3, 0.4) is 0 Å². The molecule has 0 aliphatic carbocycles. The van der Waals surface area contributed by atoms with Gasteiger partial charge in [-0.05, 0) is 24.6 Å². The second-order valence-electron chi connectivity index (χ2n) is 5.87. The summed E-state index contributed by atoms with van der Waals surface area (Å²) < 4.78 is 21.3. The Morgan fingerprint density at radius 1 is 1.39 bits per heavy atom. The molecule has 1 aromatic rings. The van der Waals surface area contributed by atoms with Crippen molar-refractivity contribution < 1.29 is 5.76 Å². The number of amidine groups is 1. The molecular formula is C16H15ClFN5. The largest absolute Gasteiger partial charge is 0.365 e. The van der Waals surface area contributed by atoms with E-state index in [0.29, 0.717) is 18.0 Å². The molecule has 4 rings (SSSR count). The Hall–Kier alpha value is -2.26. The van der Waals surface area contributed by atoms with Gasteiger partial charge in [0, 0.05) is 31.0 Å². The second kappa shape index (κ2) is 5.43. The van der Waals surface area contributed by atoms with E-state index >= 15 is 0 Å². The maximum atomic E-state index is 13.5. The number of halogens is 2. The molecule has 5 nitrogen and oxygen atoms in total. The molecule has 0 amide bonds. The van der Waals surface area contributed by atoms with E-state index in [9.17, 15) is 9.65 Å². The van der Waals surface area contributed by atoms with Crippen LogP contribution < -0.4 is 10.2 Å². The van der Waals surface area contributed by atoms with Crippen LogP contribution in [0.25, 0.3) is 0 Å². The van der Waals surface area contributed by atoms with Gasteiger partial charge in [0.15, 0.2) is 5.60 Å². The first kappa shape index (κ1) is 13.2. The van der Waals surface area contributed by atoms with Crippen LogP contribution in [0.1, 0.15) is 7.79 Å². The molecule has 3 atom stereocenters. The lowest BCUT2D eigenvalue weighted by molar-refractivity contribution is 0.364. The summed E-state index contributed by atoms with van der Waals surface area (Å²) >= 11 is 5.95. The molecule has 118 valence electrons. The summed E-state index contributed by atoms with van der Waals surface area (Å²) in [6, 6.07) is 9.09. The van der Waals surface area contributed by atoms with Crippen molar-refractivity contribution in [3.63, 3.8) is 0 Å². The quantitative estimate of drug-likeness (QED) is 0.631. The minimum Gasteiger partial charge on any atom is -0.365 e. The minimum atomic E-state index is -1.68. The lowest BCUT2D eigenvalue weighted by Gasteiger charge is -2.38. The first-order valence-corrected chi connectivity index (χ1v) is 7.80. The molecule has 23 heavy (non-hydrogen) atoms.